The molecule has 1 saturated carbocycles. The third kappa shape index (κ3) is 3.05. The zero-order valence-electron chi connectivity index (χ0n) is 15.9. The standard InChI is InChI=1S/C21H23N5O2/c1-14-19(21(27)25(17-7-8-17)12-15-9-11-28-13-15)23-24-26(14)18-6-2-4-16-5-3-10-22-20(16)18/h2-6,10,15,17H,7-9,11-13H2,1H3. The van der Waals surface area contributed by atoms with Gasteiger partial charge in [-0.15, -0.1) is 5.10 Å². The smallest absolute Gasteiger partial charge is 0.276 e. The molecule has 1 unspecified atom stereocenters. The molecule has 1 saturated heterocycles. The first-order valence-corrected chi connectivity index (χ1v) is 9.87. The van der Waals surface area contributed by atoms with Gasteiger partial charge < -0.3 is 9.64 Å². The van der Waals surface area contributed by atoms with E-state index in [0.29, 0.717) is 17.7 Å². The molecule has 0 N–H and O–H groups in total. The highest BCUT2D eigenvalue weighted by atomic mass is 16.5. The summed E-state index contributed by atoms with van der Waals surface area (Å²) in [5.41, 5.74) is 2.86. The van der Waals surface area contributed by atoms with Crippen LogP contribution < -0.4 is 0 Å². The van der Waals surface area contributed by atoms with Gasteiger partial charge in [0.1, 0.15) is 0 Å². The first-order valence-electron chi connectivity index (χ1n) is 9.87. The highest BCUT2D eigenvalue weighted by molar-refractivity contribution is 5.94. The van der Waals surface area contributed by atoms with E-state index in [-0.39, 0.29) is 5.91 Å². The average molecular weight is 377 g/mol. The van der Waals surface area contributed by atoms with Crippen LogP contribution in [0, 0.1) is 12.8 Å². The van der Waals surface area contributed by atoms with Crippen molar-refractivity contribution < 1.29 is 9.53 Å². The second kappa shape index (κ2) is 6.98. The Labute approximate surface area is 163 Å². The van der Waals surface area contributed by atoms with Crippen LogP contribution in [0.15, 0.2) is 36.5 Å². The van der Waals surface area contributed by atoms with Crippen LogP contribution >= 0.6 is 0 Å². The monoisotopic (exact) mass is 377 g/mol. The van der Waals surface area contributed by atoms with E-state index in [2.05, 4.69) is 15.3 Å². The maximum atomic E-state index is 13.3. The number of ether oxygens (including phenoxy) is 1. The van der Waals surface area contributed by atoms with Gasteiger partial charge in [-0.05, 0) is 38.3 Å². The fraction of sp³-hybridized carbons (Fsp3) is 0.429. The molecular formula is C21H23N5O2. The summed E-state index contributed by atoms with van der Waals surface area (Å²) in [7, 11) is 0. The molecule has 1 aromatic carbocycles. The summed E-state index contributed by atoms with van der Waals surface area (Å²) in [5, 5.41) is 9.60. The lowest BCUT2D eigenvalue weighted by Gasteiger charge is -2.24. The number of nitrogens with zero attached hydrogens (tertiary/aromatic N) is 5. The van der Waals surface area contributed by atoms with Gasteiger partial charge in [-0.3, -0.25) is 9.78 Å². The Morgan fingerprint density at radius 2 is 2.11 bits per heavy atom. The van der Waals surface area contributed by atoms with Gasteiger partial charge in [0.2, 0.25) is 0 Å². The number of para-hydroxylation sites is 1. The van der Waals surface area contributed by atoms with E-state index in [0.717, 1.165) is 61.3 Å². The van der Waals surface area contributed by atoms with E-state index < -0.39 is 0 Å². The van der Waals surface area contributed by atoms with Gasteiger partial charge in [-0.25, -0.2) is 4.68 Å². The normalized spacial score (nSPS) is 19.2. The summed E-state index contributed by atoms with van der Waals surface area (Å²) >= 11 is 0. The molecule has 0 bridgehead atoms. The van der Waals surface area contributed by atoms with E-state index >= 15 is 0 Å². The topological polar surface area (TPSA) is 73.1 Å². The average Bonchev–Trinajstić information content (AvgIpc) is 3.29. The van der Waals surface area contributed by atoms with Crippen LogP contribution in [0.5, 0.6) is 0 Å². The van der Waals surface area contributed by atoms with E-state index in [9.17, 15) is 4.79 Å². The van der Waals surface area contributed by atoms with Gasteiger partial charge in [0.05, 0.1) is 23.5 Å². The largest absolute Gasteiger partial charge is 0.381 e. The lowest BCUT2D eigenvalue weighted by molar-refractivity contribution is 0.0699. The molecule has 1 atom stereocenters. The molecule has 2 fully saturated rings. The number of hydrogen-bond donors (Lipinski definition) is 0. The van der Waals surface area contributed by atoms with Crippen LogP contribution in [-0.4, -0.2) is 56.6 Å². The van der Waals surface area contributed by atoms with Crippen LogP contribution in [0.25, 0.3) is 16.6 Å². The molecular weight excluding hydrogens is 354 g/mol. The highest BCUT2D eigenvalue weighted by Gasteiger charge is 2.37. The highest BCUT2D eigenvalue weighted by Crippen LogP contribution is 2.31. The van der Waals surface area contributed by atoms with E-state index in [1.54, 1.807) is 10.9 Å². The first kappa shape index (κ1) is 17.3. The molecule has 5 rings (SSSR count). The fourth-order valence-corrected chi connectivity index (χ4v) is 3.94. The van der Waals surface area contributed by atoms with Crippen molar-refractivity contribution in [3.05, 3.63) is 47.9 Å². The lowest BCUT2D eigenvalue weighted by atomic mass is 10.1. The molecule has 144 valence electrons. The van der Waals surface area contributed by atoms with Gasteiger partial charge in [-0.1, -0.05) is 23.4 Å². The lowest BCUT2D eigenvalue weighted by Crippen LogP contribution is -2.38. The third-order valence-corrected chi connectivity index (χ3v) is 5.66. The predicted octanol–water partition coefficient (Wildman–Crippen LogP) is 2.77. The SMILES string of the molecule is Cc1c(C(=O)N(CC2CCOC2)C2CC2)nnn1-c1cccc2cccnc12. The molecule has 1 aliphatic carbocycles. The Kier molecular flexibility index (Phi) is 4.31. The Morgan fingerprint density at radius 1 is 1.25 bits per heavy atom. The Balaban J connectivity index is 1.48. The Morgan fingerprint density at radius 3 is 2.89 bits per heavy atom. The zero-order valence-corrected chi connectivity index (χ0v) is 15.9. The van der Waals surface area contributed by atoms with Crippen molar-refractivity contribution in [3.8, 4) is 5.69 Å². The molecule has 1 aliphatic heterocycles. The maximum absolute atomic E-state index is 13.3. The Hall–Kier alpha value is -2.80. The molecule has 2 aliphatic rings. The summed E-state index contributed by atoms with van der Waals surface area (Å²) in [4.78, 5) is 19.8. The van der Waals surface area contributed by atoms with E-state index in [1.165, 1.54) is 0 Å². The number of hydrogen-bond acceptors (Lipinski definition) is 5. The van der Waals surface area contributed by atoms with Crippen LogP contribution in [0.1, 0.15) is 35.4 Å². The van der Waals surface area contributed by atoms with E-state index in [1.807, 2.05) is 42.2 Å². The third-order valence-electron chi connectivity index (χ3n) is 5.66. The van der Waals surface area contributed by atoms with Crippen LogP contribution in [0.4, 0.5) is 0 Å². The van der Waals surface area contributed by atoms with E-state index in [4.69, 9.17) is 4.74 Å². The summed E-state index contributed by atoms with van der Waals surface area (Å²) < 4.78 is 7.22. The summed E-state index contributed by atoms with van der Waals surface area (Å²) in [5.74, 6) is 0.397. The van der Waals surface area contributed by atoms with Crippen LogP contribution in [0.3, 0.4) is 0 Å². The molecule has 2 aromatic heterocycles. The zero-order chi connectivity index (χ0) is 19.1. The van der Waals surface area contributed by atoms with Crippen molar-refractivity contribution in [2.75, 3.05) is 19.8 Å². The number of pyridine rings is 1. The van der Waals surface area contributed by atoms with Crippen molar-refractivity contribution in [2.24, 2.45) is 5.92 Å². The van der Waals surface area contributed by atoms with Crippen molar-refractivity contribution in [1.82, 2.24) is 24.9 Å². The van der Waals surface area contributed by atoms with Gasteiger partial charge in [0.25, 0.3) is 5.91 Å². The number of rotatable bonds is 5. The fourth-order valence-electron chi connectivity index (χ4n) is 3.94. The number of carbonyl (C=O) groups excluding carboxylic acids is 1. The van der Waals surface area contributed by atoms with Crippen LogP contribution in [0.2, 0.25) is 0 Å². The quantitative estimate of drug-likeness (QED) is 0.684. The summed E-state index contributed by atoms with van der Waals surface area (Å²) in [6.07, 6.45) is 4.92. The number of benzene rings is 1. The molecule has 28 heavy (non-hydrogen) atoms. The molecule has 0 spiro atoms. The van der Waals surface area contributed by atoms with Crippen molar-refractivity contribution >= 4 is 16.8 Å². The van der Waals surface area contributed by atoms with Crippen LogP contribution in [-0.2, 0) is 4.74 Å². The Bertz CT molecular complexity index is 1020. The van der Waals surface area contributed by atoms with Gasteiger partial charge >= 0.3 is 0 Å². The molecule has 3 aromatic rings. The van der Waals surface area contributed by atoms with Crippen molar-refractivity contribution in [3.63, 3.8) is 0 Å². The minimum absolute atomic E-state index is 0.0219. The molecule has 1 amide bonds. The van der Waals surface area contributed by atoms with Gasteiger partial charge in [-0.2, -0.15) is 0 Å². The predicted molar refractivity (Wildman–Crippen MR) is 104 cm³/mol. The number of fused-ring (bicyclic) bond motifs is 1. The van der Waals surface area contributed by atoms with Gasteiger partial charge in [0.15, 0.2) is 5.69 Å². The molecule has 0 radical (unpaired) electrons. The first-order chi connectivity index (χ1) is 13.7. The van der Waals surface area contributed by atoms with Crippen molar-refractivity contribution in [1.29, 1.82) is 0 Å². The molecule has 3 heterocycles. The molecule has 7 nitrogen and oxygen atoms in total. The number of aromatic nitrogens is 4. The minimum Gasteiger partial charge on any atom is -0.381 e. The molecule has 7 heteroatoms. The van der Waals surface area contributed by atoms with Gasteiger partial charge in [0, 0.05) is 36.7 Å². The second-order valence-corrected chi connectivity index (χ2v) is 7.71. The maximum Gasteiger partial charge on any atom is 0.276 e. The second-order valence-electron chi connectivity index (χ2n) is 7.71. The van der Waals surface area contributed by atoms with Crippen molar-refractivity contribution in [2.45, 2.75) is 32.2 Å². The minimum atomic E-state index is -0.0219. The summed E-state index contributed by atoms with van der Waals surface area (Å²) in [6.45, 7) is 4.18. The number of amides is 1. The summed E-state index contributed by atoms with van der Waals surface area (Å²) in [6, 6.07) is 10.2. The number of carbonyl (C=O) groups is 1.